The fraction of sp³-hybridized carbons (Fsp3) is 0.0556. The fourth-order valence-electron chi connectivity index (χ4n) is 7.94. The molecule has 0 radical (unpaired) electrons. The van der Waals surface area contributed by atoms with Crippen molar-refractivity contribution in [1.29, 1.82) is 0 Å². The van der Waals surface area contributed by atoms with Crippen LogP contribution in [0, 0.1) is 6.92 Å². The van der Waals surface area contributed by atoms with Crippen molar-refractivity contribution in [1.82, 2.24) is 30.6 Å². The van der Waals surface area contributed by atoms with Crippen molar-refractivity contribution in [3.63, 3.8) is 0 Å². The second-order valence-corrected chi connectivity index (χ2v) is 15.0. The van der Waals surface area contributed by atoms with E-state index in [4.69, 9.17) is 24.9 Å². The predicted molar refractivity (Wildman–Crippen MR) is 248 cm³/mol. The quantitative estimate of drug-likeness (QED) is 0.151. The molecular weight excluding hydrogens is 747 g/mol. The van der Waals surface area contributed by atoms with Crippen LogP contribution in [0.2, 0.25) is 0 Å². The number of hydrogen-bond donors (Lipinski definition) is 2. The summed E-state index contributed by atoms with van der Waals surface area (Å²) in [4.78, 5) is 25.8. The molecule has 5 heterocycles. The zero-order chi connectivity index (χ0) is 41.0. The monoisotopic (exact) mass is 787 g/mol. The molecule has 10 rings (SSSR count). The SMILES string of the molecule is Cc1c(-c2ccccc2)nc(-c2ccccc2)nc1-c1ccnc(-c2cc(-c3ccccc3)cc(C3=C(C4C=C(c5ccccc5)N=C(c5ccccc5)N4)C=CCN3)n2)c1. The molecule has 7 heteroatoms. The van der Waals surface area contributed by atoms with Crippen molar-refractivity contribution in [3.8, 4) is 56.4 Å². The van der Waals surface area contributed by atoms with Crippen LogP contribution in [0.15, 0.2) is 211 Å². The Kier molecular flexibility index (Phi) is 10.2. The van der Waals surface area contributed by atoms with Crippen LogP contribution in [0.4, 0.5) is 0 Å². The molecule has 2 N–H and O–H groups in total. The molecule has 1 atom stereocenters. The Hall–Kier alpha value is -8.03. The first-order chi connectivity index (χ1) is 30.1. The molecular formula is C54H41N7. The van der Waals surface area contributed by atoms with E-state index in [1.807, 2.05) is 79.0 Å². The highest BCUT2D eigenvalue weighted by Crippen LogP contribution is 2.35. The van der Waals surface area contributed by atoms with Gasteiger partial charge in [-0.15, -0.1) is 0 Å². The second-order valence-electron chi connectivity index (χ2n) is 15.0. The van der Waals surface area contributed by atoms with Gasteiger partial charge in [0, 0.05) is 46.1 Å². The Morgan fingerprint density at radius 1 is 0.508 bits per heavy atom. The number of dihydropyridines is 1. The number of pyridine rings is 2. The Bertz CT molecular complexity index is 2980. The van der Waals surface area contributed by atoms with Crippen LogP contribution in [0.25, 0.3) is 67.8 Å². The van der Waals surface area contributed by atoms with Gasteiger partial charge in [0.2, 0.25) is 0 Å². The summed E-state index contributed by atoms with van der Waals surface area (Å²) in [7, 11) is 0. The Labute approximate surface area is 355 Å². The summed E-state index contributed by atoms with van der Waals surface area (Å²) in [5.74, 6) is 1.48. The van der Waals surface area contributed by atoms with Crippen molar-refractivity contribution in [3.05, 3.63) is 228 Å². The first-order valence-corrected chi connectivity index (χ1v) is 20.5. The lowest BCUT2D eigenvalue weighted by Gasteiger charge is -2.29. The Morgan fingerprint density at radius 2 is 1.07 bits per heavy atom. The van der Waals surface area contributed by atoms with E-state index < -0.39 is 0 Å². The van der Waals surface area contributed by atoms with Gasteiger partial charge in [-0.25, -0.2) is 19.9 Å². The van der Waals surface area contributed by atoms with Crippen LogP contribution in [0.3, 0.4) is 0 Å². The molecule has 7 nitrogen and oxygen atoms in total. The molecule has 61 heavy (non-hydrogen) atoms. The molecule has 5 aromatic carbocycles. The number of aliphatic imine (C=N–C) groups is 1. The maximum Gasteiger partial charge on any atom is 0.160 e. The van der Waals surface area contributed by atoms with Crippen LogP contribution in [0.1, 0.15) is 22.4 Å². The molecule has 8 aromatic rings. The van der Waals surface area contributed by atoms with Gasteiger partial charge < -0.3 is 10.6 Å². The van der Waals surface area contributed by atoms with Gasteiger partial charge in [-0.1, -0.05) is 164 Å². The molecule has 3 aromatic heterocycles. The zero-order valence-corrected chi connectivity index (χ0v) is 33.6. The third kappa shape index (κ3) is 7.80. The molecule has 0 spiro atoms. The third-order valence-corrected chi connectivity index (χ3v) is 11.0. The van der Waals surface area contributed by atoms with Crippen LogP contribution >= 0.6 is 0 Å². The molecule has 0 fully saturated rings. The number of rotatable bonds is 9. The summed E-state index contributed by atoms with van der Waals surface area (Å²) >= 11 is 0. The van der Waals surface area contributed by atoms with E-state index >= 15 is 0 Å². The zero-order valence-electron chi connectivity index (χ0n) is 33.6. The average Bonchev–Trinajstić information content (AvgIpc) is 3.35. The fourth-order valence-corrected chi connectivity index (χ4v) is 7.94. The van der Waals surface area contributed by atoms with Gasteiger partial charge in [0.25, 0.3) is 0 Å². The smallest absolute Gasteiger partial charge is 0.160 e. The van der Waals surface area contributed by atoms with E-state index in [1.54, 1.807) is 0 Å². The van der Waals surface area contributed by atoms with Gasteiger partial charge >= 0.3 is 0 Å². The Balaban J connectivity index is 1.11. The summed E-state index contributed by atoms with van der Waals surface area (Å²) in [5, 5.41) is 7.49. The average molecular weight is 788 g/mol. The molecule has 0 amide bonds. The molecule has 1 unspecified atom stereocenters. The van der Waals surface area contributed by atoms with Gasteiger partial charge in [0.15, 0.2) is 5.82 Å². The summed E-state index contributed by atoms with van der Waals surface area (Å²) in [6.45, 7) is 2.77. The first-order valence-electron chi connectivity index (χ1n) is 20.5. The van der Waals surface area contributed by atoms with E-state index in [1.165, 1.54) is 0 Å². The molecule has 0 saturated carbocycles. The highest BCUT2D eigenvalue weighted by Gasteiger charge is 2.26. The normalized spacial score (nSPS) is 14.7. The molecule has 0 saturated heterocycles. The van der Waals surface area contributed by atoms with Crippen molar-refractivity contribution >= 4 is 17.2 Å². The lowest BCUT2D eigenvalue weighted by Crippen LogP contribution is -2.39. The molecule has 2 aliphatic rings. The third-order valence-electron chi connectivity index (χ3n) is 11.0. The van der Waals surface area contributed by atoms with Gasteiger partial charge in [-0.2, -0.15) is 0 Å². The van der Waals surface area contributed by atoms with Gasteiger partial charge in [-0.05, 0) is 54.0 Å². The lowest BCUT2D eigenvalue weighted by molar-refractivity contribution is 0.816. The van der Waals surface area contributed by atoms with E-state index in [-0.39, 0.29) is 6.04 Å². The first kappa shape index (κ1) is 37.3. The topological polar surface area (TPSA) is 88.0 Å². The van der Waals surface area contributed by atoms with Crippen molar-refractivity contribution in [2.75, 3.05) is 6.54 Å². The van der Waals surface area contributed by atoms with Crippen molar-refractivity contribution < 1.29 is 0 Å². The van der Waals surface area contributed by atoms with E-state index in [2.05, 4.69) is 139 Å². The van der Waals surface area contributed by atoms with E-state index in [0.717, 1.165) is 95.8 Å². The van der Waals surface area contributed by atoms with Gasteiger partial charge in [0.1, 0.15) is 5.84 Å². The number of amidine groups is 1. The molecule has 0 bridgehead atoms. The van der Waals surface area contributed by atoms with Gasteiger partial charge in [-0.3, -0.25) is 4.98 Å². The summed E-state index contributed by atoms with van der Waals surface area (Å²) in [6.07, 6.45) is 8.43. The minimum Gasteiger partial charge on any atom is -0.380 e. The maximum absolute atomic E-state index is 5.41. The minimum absolute atomic E-state index is 0.201. The summed E-state index contributed by atoms with van der Waals surface area (Å²) < 4.78 is 0. The molecule has 0 aliphatic carbocycles. The highest BCUT2D eigenvalue weighted by atomic mass is 15.1. The Morgan fingerprint density at radius 3 is 1.74 bits per heavy atom. The van der Waals surface area contributed by atoms with Gasteiger partial charge in [0.05, 0.1) is 45.9 Å². The van der Waals surface area contributed by atoms with Crippen LogP contribution in [-0.4, -0.2) is 38.4 Å². The van der Waals surface area contributed by atoms with Crippen molar-refractivity contribution in [2.24, 2.45) is 4.99 Å². The summed E-state index contributed by atoms with van der Waals surface area (Å²) in [5.41, 5.74) is 15.1. The second kappa shape index (κ2) is 16.7. The standard InChI is InChI=1S/C54H41N7/c1-36-50(39-22-11-4-12-23-39)60-54(41-26-15-6-16-27-41)61-51(36)42-29-31-55-47(32-42)48-33-43(37-18-7-2-8-19-37)34-49(57-48)52-44(28-17-30-56-52)46-35-45(38-20-9-3-10-21-38)58-53(59-46)40-24-13-5-14-25-40/h2-29,31-35,46,56H,30H2,1H3,(H,58,59). The number of aromatic nitrogens is 4. The number of nitrogens with zero attached hydrogens (tertiary/aromatic N) is 5. The van der Waals surface area contributed by atoms with E-state index in [0.29, 0.717) is 12.4 Å². The highest BCUT2D eigenvalue weighted by molar-refractivity contribution is 6.04. The molecule has 2 aliphatic heterocycles. The largest absolute Gasteiger partial charge is 0.380 e. The summed E-state index contributed by atoms with van der Waals surface area (Å²) in [6, 6.07) is 59.8. The maximum atomic E-state index is 5.41. The minimum atomic E-state index is -0.201. The van der Waals surface area contributed by atoms with Crippen molar-refractivity contribution in [2.45, 2.75) is 13.0 Å². The number of nitrogens with one attached hydrogen (secondary N) is 2. The lowest BCUT2D eigenvalue weighted by atomic mass is 9.94. The number of benzene rings is 5. The predicted octanol–water partition coefficient (Wildman–Crippen LogP) is 11.2. The number of hydrogen-bond acceptors (Lipinski definition) is 7. The molecule has 292 valence electrons. The van der Waals surface area contributed by atoms with Crippen LogP contribution in [0.5, 0.6) is 0 Å². The van der Waals surface area contributed by atoms with Crippen LogP contribution in [-0.2, 0) is 0 Å². The van der Waals surface area contributed by atoms with E-state index in [9.17, 15) is 0 Å². The van der Waals surface area contributed by atoms with Crippen LogP contribution < -0.4 is 10.6 Å².